The number of ether oxygens (including phenoxy) is 1. The van der Waals surface area contributed by atoms with Crippen LogP contribution in [0.3, 0.4) is 0 Å². The fourth-order valence-corrected chi connectivity index (χ4v) is 5.29. The molecule has 0 saturated heterocycles. The zero-order chi connectivity index (χ0) is 21.3. The molecule has 2 nitrogen and oxygen atoms in total. The van der Waals surface area contributed by atoms with Gasteiger partial charge >= 0.3 is 0 Å². The highest BCUT2D eigenvalue weighted by Gasteiger charge is 2.42. The first kappa shape index (κ1) is 23.6. The van der Waals surface area contributed by atoms with Crippen molar-refractivity contribution in [2.45, 2.75) is 65.0 Å². The Morgan fingerprint density at radius 2 is 1.43 bits per heavy atom. The minimum absolute atomic E-state index is 0.114. The average molecular weight is 460 g/mol. The van der Waals surface area contributed by atoms with E-state index in [-0.39, 0.29) is 5.04 Å². The summed E-state index contributed by atoms with van der Waals surface area (Å²) in [4.78, 5) is 0. The highest BCUT2D eigenvalue weighted by Crippen LogP contribution is 2.43. The van der Waals surface area contributed by atoms with Crippen LogP contribution in [0.1, 0.15) is 45.7 Å². The normalized spacial score (nSPS) is 12.9. The largest absolute Gasteiger partial charge is 0.489 e. The van der Waals surface area contributed by atoms with Gasteiger partial charge in [-0.1, -0.05) is 61.6 Å². The quantitative estimate of drug-likeness (QED) is 0.403. The van der Waals surface area contributed by atoms with Crippen molar-refractivity contribution in [3.8, 4) is 5.75 Å². The molecule has 6 heteroatoms. The van der Waals surface area contributed by atoms with Crippen LogP contribution in [0.4, 0.5) is 0 Å². The molecule has 0 atom stereocenters. The van der Waals surface area contributed by atoms with Crippen LogP contribution in [0.15, 0.2) is 36.4 Å². The lowest BCUT2D eigenvalue weighted by molar-refractivity contribution is 0.0901. The third kappa shape index (κ3) is 5.90. The maximum Gasteiger partial charge on any atom is 0.193 e. The summed E-state index contributed by atoms with van der Waals surface area (Å²) in [7, 11) is -1.97. The molecule has 0 fully saturated rings. The minimum Gasteiger partial charge on any atom is -0.489 e. The maximum absolute atomic E-state index is 6.68. The fraction of sp³-hybridized carbons (Fsp3) is 0.455. The van der Waals surface area contributed by atoms with E-state index in [9.17, 15) is 0 Å². The van der Waals surface area contributed by atoms with Crippen molar-refractivity contribution in [3.05, 3.63) is 62.6 Å². The summed E-state index contributed by atoms with van der Waals surface area (Å²) < 4.78 is 12.6. The van der Waals surface area contributed by atoms with E-state index in [1.807, 2.05) is 12.1 Å². The number of hydrogen-bond donors (Lipinski definition) is 0. The van der Waals surface area contributed by atoms with Gasteiger partial charge in [0, 0.05) is 20.6 Å². The zero-order valence-electron chi connectivity index (χ0n) is 17.6. The van der Waals surface area contributed by atoms with Crippen molar-refractivity contribution in [3.63, 3.8) is 0 Å². The van der Waals surface area contributed by atoms with Gasteiger partial charge in [-0.3, -0.25) is 0 Å². The summed E-state index contributed by atoms with van der Waals surface area (Å²) in [5.41, 5.74) is 1.46. The molecule has 0 aromatic heterocycles. The molecule has 2 aromatic rings. The summed E-state index contributed by atoms with van der Waals surface area (Å²) in [5, 5.41) is 1.90. The Morgan fingerprint density at radius 1 is 0.857 bits per heavy atom. The topological polar surface area (TPSA) is 18.5 Å². The third-order valence-electron chi connectivity index (χ3n) is 5.24. The Labute approximate surface area is 185 Å². The molecule has 0 unspecified atom stereocenters. The van der Waals surface area contributed by atoms with Crippen LogP contribution < -0.4 is 4.74 Å². The van der Waals surface area contributed by atoms with Crippen LogP contribution in [-0.4, -0.2) is 8.32 Å². The second kappa shape index (κ2) is 8.57. The van der Waals surface area contributed by atoms with Crippen LogP contribution >= 0.6 is 34.8 Å². The van der Waals surface area contributed by atoms with Gasteiger partial charge in [-0.25, -0.2) is 0 Å². The number of halogens is 3. The molecule has 2 rings (SSSR count). The van der Waals surface area contributed by atoms with E-state index in [0.717, 1.165) is 11.1 Å². The summed E-state index contributed by atoms with van der Waals surface area (Å²) >= 11 is 18.6. The van der Waals surface area contributed by atoms with Crippen LogP contribution in [0.2, 0.25) is 33.2 Å². The Kier molecular flexibility index (Phi) is 7.21. The molecule has 0 amide bonds. The van der Waals surface area contributed by atoms with E-state index in [0.29, 0.717) is 27.4 Å². The van der Waals surface area contributed by atoms with E-state index in [1.165, 1.54) is 0 Å². The molecule has 0 bridgehead atoms. The molecule has 0 N–H and O–H groups in total. The standard InChI is InChI=1S/C22H29Cl3O2Si/c1-21(2,3)28(6,7)27-22(4,5)19-10-15(8-9-20(19)25)14-26-18-12-16(23)11-17(24)13-18/h8-13H,14H2,1-7H3. The lowest BCUT2D eigenvalue weighted by Crippen LogP contribution is -2.46. The van der Waals surface area contributed by atoms with Crippen molar-refractivity contribution < 1.29 is 9.16 Å². The van der Waals surface area contributed by atoms with Crippen LogP contribution in [0, 0.1) is 0 Å². The minimum atomic E-state index is -1.97. The Hall–Kier alpha value is -0.713. The van der Waals surface area contributed by atoms with Crippen LogP contribution in [0.5, 0.6) is 5.75 Å². The van der Waals surface area contributed by atoms with E-state index < -0.39 is 13.9 Å². The van der Waals surface area contributed by atoms with Crippen molar-refractivity contribution in [1.29, 1.82) is 0 Å². The molecule has 0 heterocycles. The predicted octanol–water partition coefficient (Wildman–Crippen LogP) is 8.48. The molecule has 0 saturated carbocycles. The first-order valence-electron chi connectivity index (χ1n) is 9.29. The molecule has 0 spiro atoms. The molecule has 2 aromatic carbocycles. The Morgan fingerprint density at radius 3 is 1.96 bits per heavy atom. The van der Waals surface area contributed by atoms with Gasteiger partial charge < -0.3 is 9.16 Å². The Bertz CT molecular complexity index is 822. The molecular formula is C22H29Cl3O2Si. The van der Waals surface area contributed by atoms with Gasteiger partial charge in [-0.05, 0) is 67.9 Å². The maximum atomic E-state index is 6.68. The third-order valence-corrected chi connectivity index (χ3v) is 10.6. The first-order chi connectivity index (χ1) is 12.7. The van der Waals surface area contributed by atoms with Gasteiger partial charge in [0.05, 0.1) is 5.60 Å². The number of hydrogen-bond acceptors (Lipinski definition) is 2. The van der Waals surface area contributed by atoms with E-state index in [2.05, 4.69) is 53.8 Å². The van der Waals surface area contributed by atoms with E-state index >= 15 is 0 Å². The van der Waals surface area contributed by atoms with Crippen LogP contribution in [-0.2, 0) is 16.6 Å². The van der Waals surface area contributed by atoms with Crippen molar-refractivity contribution >= 4 is 43.1 Å². The molecule has 0 aliphatic carbocycles. The zero-order valence-corrected chi connectivity index (χ0v) is 20.9. The molecule has 0 aliphatic rings. The summed E-state index contributed by atoms with van der Waals surface area (Å²) in [6.07, 6.45) is 0. The average Bonchev–Trinajstić information content (AvgIpc) is 2.51. The van der Waals surface area contributed by atoms with Crippen LogP contribution in [0.25, 0.3) is 0 Å². The van der Waals surface area contributed by atoms with Gasteiger partial charge in [0.1, 0.15) is 12.4 Å². The summed E-state index contributed by atoms with van der Waals surface area (Å²) in [5.74, 6) is 0.630. The Balaban J connectivity index is 2.24. The monoisotopic (exact) mass is 458 g/mol. The van der Waals surface area contributed by atoms with E-state index in [4.69, 9.17) is 44.0 Å². The summed E-state index contributed by atoms with van der Waals surface area (Å²) in [6, 6.07) is 11.1. The number of rotatable bonds is 6. The first-order valence-corrected chi connectivity index (χ1v) is 13.3. The molecular weight excluding hydrogens is 431 g/mol. The van der Waals surface area contributed by atoms with Gasteiger partial charge in [-0.15, -0.1) is 0 Å². The van der Waals surface area contributed by atoms with Gasteiger partial charge in [-0.2, -0.15) is 0 Å². The SMILES string of the molecule is CC(C)(O[Si](C)(C)C(C)(C)C)c1cc(COc2cc(Cl)cc(Cl)c2)ccc1Cl. The molecule has 0 radical (unpaired) electrons. The van der Waals surface area contributed by atoms with Gasteiger partial charge in [0.2, 0.25) is 0 Å². The lowest BCUT2D eigenvalue weighted by Gasteiger charge is -2.43. The highest BCUT2D eigenvalue weighted by molar-refractivity contribution is 6.74. The molecule has 154 valence electrons. The highest BCUT2D eigenvalue weighted by atomic mass is 35.5. The van der Waals surface area contributed by atoms with Gasteiger partial charge in [0.15, 0.2) is 8.32 Å². The lowest BCUT2D eigenvalue weighted by atomic mass is 9.96. The van der Waals surface area contributed by atoms with Crippen molar-refractivity contribution in [2.75, 3.05) is 0 Å². The van der Waals surface area contributed by atoms with Gasteiger partial charge in [0.25, 0.3) is 0 Å². The molecule has 28 heavy (non-hydrogen) atoms. The predicted molar refractivity (Wildman–Crippen MR) is 124 cm³/mol. The van der Waals surface area contributed by atoms with Crippen molar-refractivity contribution in [2.24, 2.45) is 0 Å². The van der Waals surface area contributed by atoms with Crippen molar-refractivity contribution in [1.82, 2.24) is 0 Å². The summed E-state index contributed by atoms with van der Waals surface area (Å²) in [6.45, 7) is 15.7. The number of benzene rings is 2. The smallest absolute Gasteiger partial charge is 0.193 e. The molecule has 0 aliphatic heterocycles. The fourth-order valence-electron chi connectivity index (χ4n) is 2.75. The van der Waals surface area contributed by atoms with E-state index in [1.54, 1.807) is 18.2 Å². The second-order valence-electron chi connectivity index (χ2n) is 9.08. The second-order valence-corrected chi connectivity index (χ2v) is 15.1.